The van der Waals surface area contributed by atoms with E-state index in [1.165, 1.54) is 87.6 Å². The first kappa shape index (κ1) is 32.5. The average molecular weight is 714 g/mol. The third-order valence-electron chi connectivity index (χ3n) is 12.3. The normalized spacial score (nSPS) is 13.0. The third-order valence-corrected chi connectivity index (χ3v) is 12.3. The topological polar surface area (TPSA) is 3.24 Å². The van der Waals surface area contributed by atoms with Gasteiger partial charge >= 0.3 is 0 Å². The number of para-hydroxylation sites is 1. The van der Waals surface area contributed by atoms with Crippen LogP contribution in [0.2, 0.25) is 0 Å². The van der Waals surface area contributed by atoms with Crippen LogP contribution in [0.3, 0.4) is 0 Å². The van der Waals surface area contributed by atoms with Crippen molar-refractivity contribution in [1.82, 2.24) is 0 Å². The Kier molecular flexibility index (Phi) is 7.28. The summed E-state index contributed by atoms with van der Waals surface area (Å²) in [4.78, 5) is 2.46. The maximum atomic E-state index is 2.46. The zero-order valence-corrected chi connectivity index (χ0v) is 31.5. The van der Waals surface area contributed by atoms with Crippen molar-refractivity contribution in [2.45, 2.75) is 19.3 Å². The van der Waals surface area contributed by atoms with Gasteiger partial charge in [0.1, 0.15) is 0 Å². The monoisotopic (exact) mass is 713 g/mol. The minimum absolute atomic E-state index is 0.0637. The molecule has 0 unspecified atom stereocenters. The van der Waals surface area contributed by atoms with Gasteiger partial charge in [0.2, 0.25) is 0 Å². The van der Waals surface area contributed by atoms with Crippen molar-refractivity contribution in [3.8, 4) is 33.4 Å². The smallest absolute Gasteiger partial charge is 0.0540 e. The van der Waals surface area contributed by atoms with E-state index in [1.54, 1.807) is 0 Å². The molecule has 11 rings (SSSR count). The Labute approximate surface area is 327 Å². The molecule has 0 radical (unpaired) electrons. The predicted molar refractivity (Wildman–Crippen MR) is 240 cm³/mol. The molecular formula is C55H39N. The van der Waals surface area contributed by atoms with Gasteiger partial charge in [0.25, 0.3) is 0 Å². The first-order chi connectivity index (χ1) is 27.5. The Morgan fingerprint density at radius 3 is 1.71 bits per heavy atom. The van der Waals surface area contributed by atoms with Crippen LogP contribution in [0.5, 0.6) is 0 Å². The lowest BCUT2D eigenvalue weighted by molar-refractivity contribution is 0.660. The van der Waals surface area contributed by atoms with Crippen molar-refractivity contribution < 1.29 is 0 Å². The van der Waals surface area contributed by atoms with Gasteiger partial charge in [-0.05, 0) is 118 Å². The first-order valence-electron chi connectivity index (χ1n) is 19.6. The molecule has 0 bridgehead atoms. The summed E-state index contributed by atoms with van der Waals surface area (Å²) in [6.45, 7) is 4.70. The van der Waals surface area contributed by atoms with E-state index < -0.39 is 0 Å². The average Bonchev–Trinajstić information content (AvgIpc) is 3.49. The van der Waals surface area contributed by atoms with E-state index in [0.29, 0.717) is 0 Å². The fourth-order valence-electron chi connectivity index (χ4n) is 9.52. The van der Waals surface area contributed by atoms with Crippen molar-refractivity contribution >= 4 is 60.2 Å². The molecule has 0 saturated carbocycles. The quantitative estimate of drug-likeness (QED) is 0.161. The van der Waals surface area contributed by atoms with Crippen molar-refractivity contribution in [2.75, 3.05) is 4.90 Å². The highest BCUT2D eigenvalue weighted by atomic mass is 15.1. The molecule has 0 aromatic heterocycles. The van der Waals surface area contributed by atoms with Gasteiger partial charge in [-0.3, -0.25) is 0 Å². The van der Waals surface area contributed by atoms with Gasteiger partial charge in [0.05, 0.1) is 5.69 Å². The molecule has 0 aliphatic heterocycles. The largest absolute Gasteiger partial charge is 0.310 e. The van der Waals surface area contributed by atoms with Gasteiger partial charge < -0.3 is 4.90 Å². The van der Waals surface area contributed by atoms with Gasteiger partial charge in [-0.1, -0.05) is 178 Å². The molecule has 0 saturated heterocycles. The van der Waals surface area contributed by atoms with E-state index >= 15 is 0 Å². The highest BCUT2D eigenvalue weighted by Crippen LogP contribution is 2.51. The van der Waals surface area contributed by atoms with Crippen LogP contribution in [0.1, 0.15) is 25.0 Å². The fourth-order valence-corrected chi connectivity index (χ4v) is 9.52. The molecule has 10 aromatic rings. The molecule has 0 N–H and O–H groups in total. The van der Waals surface area contributed by atoms with Crippen LogP contribution in [0.4, 0.5) is 17.1 Å². The molecule has 264 valence electrons. The van der Waals surface area contributed by atoms with E-state index in [2.05, 4.69) is 219 Å². The lowest BCUT2D eigenvalue weighted by atomic mass is 9.82. The second kappa shape index (κ2) is 12.5. The fraction of sp³-hybridized carbons (Fsp3) is 0.0545. The van der Waals surface area contributed by atoms with Crippen LogP contribution >= 0.6 is 0 Å². The second-order valence-electron chi connectivity index (χ2n) is 15.7. The molecule has 56 heavy (non-hydrogen) atoms. The highest BCUT2D eigenvalue weighted by molar-refractivity contribution is 6.21. The summed E-state index contributed by atoms with van der Waals surface area (Å²) < 4.78 is 0. The summed E-state index contributed by atoms with van der Waals surface area (Å²) in [5.41, 5.74) is 13.6. The highest BCUT2D eigenvalue weighted by Gasteiger charge is 2.35. The molecule has 1 aliphatic carbocycles. The molecule has 1 nitrogen and oxygen atoms in total. The number of hydrogen-bond donors (Lipinski definition) is 0. The number of benzene rings is 10. The molecule has 10 aromatic carbocycles. The zero-order valence-electron chi connectivity index (χ0n) is 31.5. The SMILES string of the molecule is CC1(C)c2ccccc2-c2cc(N(c3ccc(-c4cc5c6ccccc6ccc5c5ccccc45)cc3)c3ccccc3-c3cccc4ccccc34)ccc21. The zero-order chi connectivity index (χ0) is 37.4. The number of nitrogens with zero attached hydrogens (tertiary/aromatic N) is 1. The summed E-state index contributed by atoms with van der Waals surface area (Å²) in [6.07, 6.45) is 0. The predicted octanol–water partition coefficient (Wildman–Crippen LogP) is 15.4. The third kappa shape index (κ3) is 4.94. The maximum Gasteiger partial charge on any atom is 0.0540 e. The van der Waals surface area contributed by atoms with E-state index in [4.69, 9.17) is 0 Å². The van der Waals surface area contributed by atoms with Crippen molar-refractivity contribution in [1.29, 1.82) is 0 Å². The van der Waals surface area contributed by atoms with Crippen LogP contribution < -0.4 is 4.90 Å². The molecule has 0 atom stereocenters. The number of anilines is 3. The van der Waals surface area contributed by atoms with Crippen molar-refractivity contribution in [3.63, 3.8) is 0 Å². The van der Waals surface area contributed by atoms with Gasteiger partial charge in [0.15, 0.2) is 0 Å². The Balaban J connectivity index is 1.12. The Morgan fingerprint density at radius 2 is 0.893 bits per heavy atom. The number of hydrogen-bond acceptors (Lipinski definition) is 1. The Hall–Kier alpha value is -6.96. The molecular weight excluding hydrogens is 675 g/mol. The summed E-state index contributed by atoms with van der Waals surface area (Å²) in [7, 11) is 0. The lowest BCUT2D eigenvalue weighted by Gasteiger charge is -2.29. The molecule has 1 aliphatic rings. The second-order valence-corrected chi connectivity index (χ2v) is 15.7. The molecule has 0 amide bonds. The van der Waals surface area contributed by atoms with Crippen molar-refractivity contribution in [3.05, 3.63) is 211 Å². The van der Waals surface area contributed by atoms with E-state index in [9.17, 15) is 0 Å². The van der Waals surface area contributed by atoms with Crippen molar-refractivity contribution in [2.24, 2.45) is 0 Å². The number of rotatable bonds is 5. The minimum atomic E-state index is -0.0637. The summed E-state index contributed by atoms with van der Waals surface area (Å²) in [6, 6.07) is 74.0. The lowest BCUT2D eigenvalue weighted by Crippen LogP contribution is -2.15. The molecule has 0 fully saturated rings. The molecule has 0 heterocycles. The van der Waals surface area contributed by atoms with Crippen LogP contribution in [-0.4, -0.2) is 0 Å². The summed E-state index contributed by atoms with van der Waals surface area (Å²) >= 11 is 0. The van der Waals surface area contributed by atoms with Crippen LogP contribution in [0.15, 0.2) is 200 Å². The first-order valence-corrected chi connectivity index (χ1v) is 19.6. The van der Waals surface area contributed by atoms with Crippen LogP contribution in [-0.2, 0) is 5.41 Å². The van der Waals surface area contributed by atoms with Gasteiger partial charge in [-0.25, -0.2) is 0 Å². The summed E-state index contributed by atoms with van der Waals surface area (Å²) in [5, 5.41) is 10.2. The van der Waals surface area contributed by atoms with Gasteiger partial charge in [0, 0.05) is 22.4 Å². The minimum Gasteiger partial charge on any atom is -0.310 e. The number of fused-ring (bicyclic) bond motifs is 9. The standard InChI is InChI=1S/C55H39N/c1-55(2)52-24-11-9-21-47(52)51-34-40(31-33-53(51)55)56(54-25-12-10-22-48(54)43-23-13-16-36-14-3-5-17-41(36)43)39-29-26-38(27-30-39)49-35-50-42-18-6-4-15-37(42)28-32-46(50)44-19-7-8-20-45(44)49/h3-35H,1-2H3. The van der Waals surface area contributed by atoms with E-state index in [1.807, 2.05) is 0 Å². The Bertz CT molecular complexity index is 3160. The van der Waals surface area contributed by atoms with Gasteiger partial charge in [-0.2, -0.15) is 0 Å². The Morgan fingerprint density at radius 1 is 0.321 bits per heavy atom. The van der Waals surface area contributed by atoms with E-state index in [0.717, 1.165) is 17.1 Å². The van der Waals surface area contributed by atoms with Crippen LogP contribution in [0.25, 0.3) is 76.5 Å². The van der Waals surface area contributed by atoms with E-state index in [-0.39, 0.29) is 5.41 Å². The maximum absolute atomic E-state index is 2.46. The molecule has 1 heteroatoms. The molecule has 0 spiro atoms. The van der Waals surface area contributed by atoms with Crippen LogP contribution in [0, 0.1) is 0 Å². The van der Waals surface area contributed by atoms with Gasteiger partial charge in [-0.15, -0.1) is 0 Å². The summed E-state index contributed by atoms with van der Waals surface area (Å²) in [5.74, 6) is 0.